The minimum atomic E-state index is 1.04. The lowest BCUT2D eigenvalue weighted by molar-refractivity contribution is 0.565. The standard InChI is InChI=1S/C10H9NO/c1-9-3-2-4-10(7-9)5-6-11-8-12/h2-7H,1H3. The van der Waals surface area contributed by atoms with Crippen LogP contribution in [-0.4, -0.2) is 6.08 Å². The molecule has 0 N–H and O–H groups in total. The molecule has 0 saturated heterocycles. The molecule has 0 saturated carbocycles. The Morgan fingerprint density at radius 2 is 2.33 bits per heavy atom. The van der Waals surface area contributed by atoms with Crippen LogP contribution in [0.25, 0.3) is 6.08 Å². The van der Waals surface area contributed by atoms with Gasteiger partial charge in [0, 0.05) is 6.20 Å². The van der Waals surface area contributed by atoms with Gasteiger partial charge in [-0.15, -0.1) is 0 Å². The van der Waals surface area contributed by atoms with Gasteiger partial charge in [-0.25, -0.2) is 4.79 Å². The van der Waals surface area contributed by atoms with Crippen molar-refractivity contribution < 1.29 is 4.79 Å². The van der Waals surface area contributed by atoms with Crippen LogP contribution >= 0.6 is 0 Å². The van der Waals surface area contributed by atoms with Crippen molar-refractivity contribution >= 4 is 12.2 Å². The number of aliphatic imine (C=N–C) groups is 1. The van der Waals surface area contributed by atoms with E-state index in [1.807, 2.05) is 31.2 Å². The zero-order chi connectivity index (χ0) is 8.81. The largest absolute Gasteiger partial charge is 0.239 e. The molecule has 2 nitrogen and oxygen atoms in total. The lowest BCUT2D eigenvalue weighted by atomic mass is 10.1. The van der Waals surface area contributed by atoms with Crippen molar-refractivity contribution in [1.29, 1.82) is 0 Å². The highest BCUT2D eigenvalue weighted by Crippen LogP contribution is 2.05. The predicted octanol–water partition coefficient (Wildman–Crippen LogP) is 2.30. The van der Waals surface area contributed by atoms with Crippen LogP contribution in [0.3, 0.4) is 0 Å². The Hall–Kier alpha value is -1.66. The maximum absolute atomic E-state index is 9.72. The van der Waals surface area contributed by atoms with Gasteiger partial charge < -0.3 is 0 Å². The normalized spacial score (nSPS) is 9.75. The Morgan fingerprint density at radius 1 is 1.50 bits per heavy atom. The molecule has 0 bridgehead atoms. The monoisotopic (exact) mass is 159 g/mol. The van der Waals surface area contributed by atoms with Gasteiger partial charge in [0.1, 0.15) is 0 Å². The molecule has 0 aliphatic heterocycles. The molecule has 0 aliphatic carbocycles. The molecule has 0 amide bonds. The summed E-state index contributed by atoms with van der Waals surface area (Å²) in [6.45, 7) is 2.01. The van der Waals surface area contributed by atoms with Gasteiger partial charge in [0.25, 0.3) is 0 Å². The van der Waals surface area contributed by atoms with Crippen molar-refractivity contribution in [3.05, 3.63) is 41.6 Å². The third kappa shape index (κ3) is 2.52. The second-order valence-electron chi connectivity index (χ2n) is 2.45. The van der Waals surface area contributed by atoms with E-state index in [9.17, 15) is 4.79 Å². The van der Waals surface area contributed by atoms with E-state index < -0.39 is 0 Å². The first kappa shape index (κ1) is 8.44. The first-order chi connectivity index (χ1) is 5.83. The van der Waals surface area contributed by atoms with E-state index in [0.717, 1.165) is 5.56 Å². The van der Waals surface area contributed by atoms with E-state index in [1.165, 1.54) is 17.8 Å². The van der Waals surface area contributed by atoms with Crippen LogP contribution in [0.2, 0.25) is 0 Å². The number of carbonyl (C=O) groups excluding carboxylic acids is 1. The van der Waals surface area contributed by atoms with E-state index >= 15 is 0 Å². The van der Waals surface area contributed by atoms with Crippen molar-refractivity contribution in [2.75, 3.05) is 0 Å². The van der Waals surface area contributed by atoms with Crippen LogP contribution < -0.4 is 0 Å². The molecule has 0 aromatic heterocycles. The quantitative estimate of drug-likeness (QED) is 0.481. The molecule has 0 atom stereocenters. The third-order valence-corrected chi connectivity index (χ3v) is 1.44. The SMILES string of the molecule is Cc1cccc(C=CN=C=O)c1. The van der Waals surface area contributed by atoms with Gasteiger partial charge in [-0.1, -0.05) is 29.8 Å². The molecule has 12 heavy (non-hydrogen) atoms. The Bertz CT molecular complexity index is 335. The molecular weight excluding hydrogens is 150 g/mol. The molecule has 0 spiro atoms. The topological polar surface area (TPSA) is 29.4 Å². The summed E-state index contributed by atoms with van der Waals surface area (Å²) in [4.78, 5) is 13.0. The maximum Gasteiger partial charge on any atom is 0.239 e. The van der Waals surface area contributed by atoms with Crippen LogP contribution in [0.4, 0.5) is 0 Å². The summed E-state index contributed by atoms with van der Waals surface area (Å²) in [5.41, 5.74) is 2.22. The molecule has 0 fully saturated rings. The third-order valence-electron chi connectivity index (χ3n) is 1.44. The lowest BCUT2D eigenvalue weighted by Crippen LogP contribution is -1.73. The molecule has 0 heterocycles. The number of aryl methyl sites for hydroxylation is 1. The molecule has 60 valence electrons. The minimum Gasteiger partial charge on any atom is -0.211 e. The van der Waals surface area contributed by atoms with Crippen LogP contribution in [0, 0.1) is 6.92 Å². The number of nitrogens with zero attached hydrogens (tertiary/aromatic N) is 1. The van der Waals surface area contributed by atoms with Gasteiger partial charge in [0.05, 0.1) is 0 Å². The van der Waals surface area contributed by atoms with Crippen molar-refractivity contribution in [3.63, 3.8) is 0 Å². The summed E-state index contributed by atoms with van der Waals surface area (Å²) in [5.74, 6) is 0. The Morgan fingerprint density at radius 3 is 3.00 bits per heavy atom. The van der Waals surface area contributed by atoms with Crippen molar-refractivity contribution in [2.24, 2.45) is 4.99 Å². The zero-order valence-corrected chi connectivity index (χ0v) is 6.82. The lowest BCUT2D eigenvalue weighted by Gasteiger charge is -1.93. The highest BCUT2D eigenvalue weighted by Gasteiger charge is 1.85. The summed E-state index contributed by atoms with van der Waals surface area (Å²) in [6, 6.07) is 7.93. The van der Waals surface area contributed by atoms with Crippen molar-refractivity contribution in [2.45, 2.75) is 6.92 Å². The summed E-state index contributed by atoms with van der Waals surface area (Å²) in [7, 11) is 0. The van der Waals surface area contributed by atoms with E-state index in [1.54, 1.807) is 6.08 Å². The Labute approximate surface area is 71.3 Å². The number of hydrogen-bond acceptors (Lipinski definition) is 2. The molecule has 0 unspecified atom stereocenters. The molecule has 1 aromatic carbocycles. The van der Waals surface area contributed by atoms with E-state index in [4.69, 9.17) is 0 Å². The van der Waals surface area contributed by atoms with Gasteiger partial charge >= 0.3 is 0 Å². The van der Waals surface area contributed by atoms with Crippen LogP contribution in [-0.2, 0) is 4.79 Å². The molecule has 2 heteroatoms. The van der Waals surface area contributed by atoms with Crippen LogP contribution in [0.5, 0.6) is 0 Å². The minimum absolute atomic E-state index is 1.04. The first-order valence-electron chi connectivity index (χ1n) is 3.63. The number of rotatable bonds is 2. The van der Waals surface area contributed by atoms with E-state index in [0.29, 0.717) is 0 Å². The number of benzene rings is 1. The average Bonchev–Trinajstić information content (AvgIpc) is 2.05. The van der Waals surface area contributed by atoms with Crippen LogP contribution in [0.15, 0.2) is 35.5 Å². The molecule has 1 aromatic rings. The van der Waals surface area contributed by atoms with Gasteiger partial charge in [0.2, 0.25) is 6.08 Å². The molecular formula is C10H9NO. The van der Waals surface area contributed by atoms with E-state index in [2.05, 4.69) is 4.99 Å². The highest BCUT2D eigenvalue weighted by molar-refractivity contribution is 5.51. The predicted molar refractivity (Wildman–Crippen MR) is 48.3 cm³/mol. The second kappa shape index (κ2) is 4.27. The van der Waals surface area contributed by atoms with Crippen molar-refractivity contribution in [3.8, 4) is 0 Å². The highest BCUT2D eigenvalue weighted by atomic mass is 16.1. The fraction of sp³-hybridized carbons (Fsp3) is 0.100. The molecule has 0 radical (unpaired) electrons. The number of hydrogen-bond donors (Lipinski definition) is 0. The Kier molecular flexibility index (Phi) is 3.00. The molecule has 1 rings (SSSR count). The summed E-state index contributed by atoms with van der Waals surface area (Å²) < 4.78 is 0. The number of isocyanates is 1. The second-order valence-corrected chi connectivity index (χ2v) is 2.45. The van der Waals surface area contributed by atoms with Crippen LogP contribution in [0.1, 0.15) is 11.1 Å². The maximum atomic E-state index is 9.72. The summed E-state index contributed by atoms with van der Waals surface area (Å²) in [5, 5.41) is 0. The van der Waals surface area contributed by atoms with Gasteiger partial charge in [-0.3, -0.25) is 0 Å². The fourth-order valence-corrected chi connectivity index (χ4v) is 0.928. The summed E-state index contributed by atoms with van der Waals surface area (Å²) >= 11 is 0. The van der Waals surface area contributed by atoms with Gasteiger partial charge in [-0.05, 0) is 18.6 Å². The first-order valence-corrected chi connectivity index (χ1v) is 3.63. The zero-order valence-electron chi connectivity index (χ0n) is 6.82. The summed E-state index contributed by atoms with van der Waals surface area (Å²) in [6.07, 6.45) is 4.63. The Balaban J connectivity index is 2.82. The van der Waals surface area contributed by atoms with E-state index in [-0.39, 0.29) is 0 Å². The van der Waals surface area contributed by atoms with Gasteiger partial charge in [-0.2, -0.15) is 4.99 Å². The van der Waals surface area contributed by atoms with Crippen molar-refractivity contribution in [1.82, 2.24) is 0 Å². The smallest absolute Gasteiger partial charge is 0.211 e. The average molecular weight is 159 g/mol. The fourth-order valence-electron chi connectivity index (χ4n) is 0.928. The van der Waals surface area contributed by atoms with Gasteiger partial charge in [0.15, 0.2) is 0 Å². The molecule has 0 aliphatic rings.